The molecule has 0 atom stereocenters. The molecular weight excluding hydrogens is 435 g/mol. The summed E-state index contributed by atoms with van der Waals surface area (Å²) in [6, 6.07) is 9.81. The van der Waals surface area contributed by atoms with Crippen LogP contribution in [0.4, 0.5) is 24.5 Å². The molecule has 31 heavy (non-hydrogen) atoms. The topological polar surface area (TPSA) is 114 Å². The van der Waals surface area contributed by atoms with Gasteiger partial charge in [0.25, 0.3) is 5.69 Å². The van der Waals surface area contributed by atoms with E-state index in [4.69, 9.17) is 0 Å². The number of alkyl halides is 3. The highest BCUT2D eigenvalue weighted by Crippen LogP contribution is 2.37. The van der Waals surface area contributed by atoms with Crippen LogP contribution in [0, 0.1) is 10.1 Å². The standard InChI is InChI=1S/C19H16F3N5O3S/c1-2-11-3-5-12(6-4-11)17-24-18(26-25-17)31-10-16(28)23-15-8-7-13(27(29)30)9-14(15)19(20,21)22/h3-9H,2,10H2,1H3,(H,23,28)(H,24,25,26). The molecule has 2 N–H and O–H groups in total. The lowest BCUT2D eigenvalue weighted by atomic mass is 10.1. The molecule has 8 nitrogen and oxygen atoms in total. The van der Waals surface area contributed by atoms with Crippen LogP contribution in [0.1, 0.15) is 18.1 Å². The molecule has 0 aliphatic carbocycles. The van der Waals surface area contributed by atoms with Crippen molar-refractivity contribution in [1.82, 2.24) is 15.2 Å². The van der Waals surface area contributed by atoms with Gasteiger partial charge in [0, 0.05) is 17.7 Å². The van der Waals surface area contributed by atoms with E-state index in [9.17, 15) is 28.1 Å². The predicted molar refractivity (Wildman–Crippen MR) is 109 cm³/mol. The van der Waals surface area contributed by atoms with Crippen LogP contribution in [0.3, 0.4) is 0 Å². The molecule has 0 bridgehead atoms. The lowest BCUT2D eigenvalue weighted by Crippen LogP contribution is -2.18. The second kappa shape index (κ2) is 9.16. The second-order valence-corrected chi connectivity index (χ2v) is 7.28. The summed E-state index contributed by atoms with van der Waals surface area (Å²) in [6.07, 6.45) is -3.97. The molecule has 162 valence electrons. The molecule has 1 amide bonds. The van der Waals surface area contributed by atoms with Gasteiger partial charge in [0.2, 0.25) is 11.1 Å². The summed E-state index contributed by atoms with van der Waals surface area (Å²) < 4.78 is 39.6. The lowest BCUT2D eigenvalue weighted by Gasteiger charge is -2.13. The highest BCUT2D eigenvalue weighted by molar-refractivity contribution is 7.99. The van der Waals surface area contributed by atoms with Crippen molar-refractivity contribution >= 4 is 29.0 Å². The third-order valence-corrected chi connectivity index (χ3v) is 5.07. The SMILES string of the molecule is CCc1ccc(-c2nc(SCC(=O)Nc3ccc([N+](=O)[O-])cc3C(F)(F)F)n[nH]2)cc1. The summed E-state index contributed by atoms with van der Waals surface area (Å²) in [5.74, 6) is -0.483. The Kier molecular flexibility index (Phi) is 6.59. The minimum Gasteiger partial charge on any atom is -0.325 e. The largest absolute Gasteiger partial charge is 0.418 e. The Morgan fingerprint density at radius 1 is 1.23 bits per heavy atom. The van der Waals surface area contributed by atoms with Gasteiger partial charge < -0.3 is 5.32 Å². The Balaban J connectivity index is 1.65. The van der Waals surface area contributed by atoms with E-state index in [-0.39, 0.29) is 10.9 Å². The van der Waals surface area contributed by atoms with Crippen molar-refractivity contribution in [3.8, 4) is 11.4 Å². The molecule has 12 heteroatoms. The van der Waals surface area contributed by atoms with E-state index in [0.717, 1.165) is 35.9 Å². The normalized spacial score (nSPS) is 11.4. The molecule has 0 unspecified atom stereocenters. The maximum atomic E-state index is 13.2. The number of halogens is 3. The molecule has 3 rings (SSSR count). The smallest absolute Gasteiger partial charge is 0.325 e. The number of nitrogens with one attached hydrogen (secondary N) is 2. The molecule has 1 heterocycles. The van der Waals surface area contributed by atoms with Gasteiger partial charge in [0.1, 0.15) is 0 Å². The van der Waals surface area contributed by atoms with Crippen molar-refractivity contribution in [3.63, 3.8) is 0 Å². The number of benzene rings is 2. The Morgan fingerprint density at radius 2 is 1.94 bits per heavy atom. The molecular formula is C19H16F3N5O3S. The van der Waals surface area contributed by atoms with Gasteiger partial charge in [0.15, 0.2) is 5.82 Å². The maximum Gasteiger partial charge on any atom is 0.418 e. The molecule has 1 aromatic heterocycles. The number of aromatic amines is 1. The number of thioether (sulfide) groups is 1. The molecule has 3 aromatic rings. The number of H-pyrrole nitrogens is 1. The van der Waals surface area contributed by atoms with Crippen molar-refractivity contribution in [2.24, 2.45) is 0 Å². The first-order chi connectivity index (χ1) is 14.7. The first kappa shape index (κ1) is 22.3. The quantitative estimate of drug-likeness (QED) is 0.306. The first-order valence-corrected chi connectivity index (χ1v) is 9.96. The second-order valence-electron chi connectivity index (χ2n) is 6.34. The van der Waals surface area contributed by atoms with Gasteiger partial charge in [-0.1, -0.05) is 43.0 Å². The molecule has 0 spiro atoms. The van der Waals surface area contributed by atoms with Gasteiger partial charge in [0.05, 0.1) is 21.9 Å². The minimum atomic E-state index is -4.87. The van der Waals surface area contributed by atoms with E-state index >= 15 is 0 Å². The third-order valence-electron chi connectivity index (χ3n) is 4.23. The van der Waals surface area contributed by atoms with Crippen LogP contribution in [0.15, 0.2) is 47.6 Å². The number of carbonyl (C=O) groups excluding carboxylic acids is 1. The minimum absolute atomic E-state index is 0.250. The zero-order valence-corrected chi connectivity index (χ0v) is 16.9. The number of amides is 1. The number of rotatable bonds is 7. The molecule has 0 radical (unpaired) electrons. The molecule has 0 aliphatic rings. The highest BCUT2D eigenvalue weighted by atomic mass is 32.2. The van der Waals surface area contributed by atoms with Crippen LogP contribution < -0.4 is 5.32 Å². The van der Waals surface area contributed by atoms with Gasteiger partial charge in [-0.15, -0.1) is 5.10 Å². The van der Waals surface area contributed by atoms with Crippen molar-refractivity contribution in [3.05, 3.63) is 63.7 Å². The summed E-state index contributed by atoms with van der Waals surface area (Å²) in [5.41, 5.74) is -0.605. The Morgan fingerprint density at radius 3 is 2.55 bits per heavy atom. The number of aromatic nitrogens is 3. The average molecular weight is 451 g/mol. The number of nitro benzene ring substituents is 1. The number of nitro groups is 1. The number of carbonyl (C=O) groups is 1. The van der Waals surface area contributed by atoms with E-state index < -0.39 is 33.9 Å². The van der Waals surface area contributed by atoms with Crippen molar-refractivity contribution in [1.29, 1.82) is 0 Å². The van der Waals surface area contributed by atoms with Gasteiger partial charge in [-0.25, -0.2) is 4.98 Å². The van der Waals surface area contributed by atoms with Crippen LogP contribution in [-0.4, -0.2) is 31.8 Å². The number of non-ortho nitro benzene ring substituents is 1. The summed E-state index contributed by atoms with van der Waals surface area (Å²) in [7, 11) is 0. The van der Waals surface area contributed by atoms with Gasteiger partial charge >= 0.3 is 6.18 Å². The van der Waals surface area contributed by atoms with Gasteiger partial charge in [-0.05, 0) is 18.1 Å². The van der Waals surface area contributed by atoms with E-state index in [1.807, 2.05) is 31.2 Å². The number of hydrogen-bond donors (Lipinski definition) is 2. The van der Waals surface area contributed by atoms with Crippen molar-refractivity contribution in [2.45, 2.75) is 24.7 Å². The Bertz CT molecular complexity index is 1100. The van der Waals surface area contributed by atoms with Crippen molar-refractivity contribution in [2.75, 3.05) is 11.1 Å². The molecule has 2 aromatic carbocycles. The Labute approximate surface area is 178 Å². The number of nitrogens with zero attached hydrogens (tertiary/aromatic N) is 3. The fourth-order valence-corrected chi connectivity index (χ4v) is 3.24. The van der Waals surface area contributed by atoms with E-state index in [2.05, 4.69) is 20.5 Å². The number of aryl methyl sites for hydroxylation is 1. The maximum absolute atomic E-state index is 13.2. The average Bonchev–Trinajstić information content (AvgIpc) is 3.21. The first-order valence-electron chi connectivity index (χ1n) is 8.97. The fourth-order valence-electron chi connectivity index (χ4n) is 2.64. The molecule has 0 aliphatic heterocycles. The fraction of sp³-hybridized carbons (Fsp3) is 0.211. The summed E-state index contributed by atoms with van der Waals surface area (Å²) in [4.78, 5) is 26.2. The van der Waals surface area contributed by atoms with Crippen LogP contribution in [0.5, 0.6) is 0 Å². The number of hydrogen-bond acceptors (Lipinski definition) is 6. The monoisotopic (exact) mass is 451 g/mol. The zero-order chi connectivity index (χ0) is 22.6. The van der Waals surface area contributed by atoms with Crippen LogP contribution in [-0.2, 0) is 17.4 Å². The number of anilines is 1. The molecule has 0 saturated heterocycles. The highest BCUT2D eigenvalue weighted by Gasteiger charge is 2.35. The van der Waals surface area contributed by atoms with Crippen LogP contribution >= 0.6 is 11.8 Å². The molecule has 0 fully saturated rings. The van der Waals surface area contributed by atoms with Gasteiger partial charge in [-0.2, -0.15) is 13.2 Å². The third kappa shape index (κ3) is 5.60. The summed E-state index contributed by atoms with van der Waals surface area (Å²) in [6.45, 7) is 2.04. The van der Waals surface area contributed by atoms with Crippen molar-refractivity contribution < 1.29 is 22.9 Å². The molecule has 0 saturated carbocycles. The summed E-state index contributed by atoms with van der Waals surface area (Å²) in [5, 5.41) is 19.9. The van der Waals surface area contributed by atoms with E-state index in [1.165, 1.54) is 5.56 Å². The van der Waals surface area contributed by atoms with Crippen LogP contribution in [0.25, 0.3) is 11.4 Å². The van der Waals surface area contributed by atoms with E-state index in [0.29, 0.717) is 11.9 Å². The van der Waals surface area contributed by atoms with Gasteiger partial charge in [-0.3, -0.25) is 20.0 Å². The zero-order valence-electron chi connectivity index (χ0n) is 16.1. The summed E-state index contributed by atoms with van der Waals surface area (Å²) >= 11 is 0.937. The van der Waals surface area contributed by atoms with E-state index in [1.54, 1.807) is 0 Å². The van der Waals surface area contributed by atoms with Crippen LogP contribution in [0.2, 0.25) is 0 Å². The lowest BCUT2D eigenvalue weighted by molar-refractivity contribution is -0.385. The Hall–Kier alpha value is -3.41. The predicted octanol–water partition coefficient (Wildman–Crippen LogP) is 4.69.